The first-order valence-corrected chi connectivity index (χ1v) is 9.16. The Kier molecular flexibility index (Phi) is 5.14. The van der Waals surface area contributed by atoms with Gasteiger partial charge in [-0.25, -0.2) is 0 Å². The standard InChI is InChI=1S/C20H36O2/c1-15(10-14-21)9-13-20(22)16(2)7-8-17-18(3,4)11-6-12-19(17,20)5/h10,16-17,21-22H,6-9,11-14H2,1-5H3/b15-10+/t16-,17+,19+,20+/m1/s1. The summed E-state index contributed by atoms with van der Waals surface area (Å²) in [6, 6.07) is 0. The number of allylic oxidation sites excluding steroid dienone is 1. The lowest BCUT2D eigenvalue weighted by molar-refractivity contribution is -0.211. The van der Waals surface area contributed by atoms with Crippen LogP contribution in [0.2, 0.25) is 0 Å². The van der Waals surface area contributed by atoms with Crippen LogP contribution in [0.5, 0.6) is 0 Å². The second-order valence-electron chi connectivity index (χ2n) is 8.95. The zero-order valence-corrected chi connectivity index (χ0v) is 15.3. The van der Waals surface area contributed by atoms with Crippen molar-refractivity contribution in [2.75, 3.05) is 6.61 Å². The molecular formula is C20H36O2. The van der Waals surface area contributed by atoms with Crippen molar-refractivity contribution >= 4 is 0 Å². The molecule has 0 unspecified atom stereocenters. The Morgan fingerprint density at radius 1 is 1.18 bits per heavy atom. The third kappa shape index (κ3) is 2.89. The smallest absolute Gasteiger partial charge is 0.0732 e. The highest BCUT2D eigenvalue weighted by Gasteiger charge is 2.60. The van der Waals surface area contributed by atoms with Crippen LogP contribution < -0.4 is 0 Å². The fourth-order valence-electron chi connectivity index (χ4n) is 5.75. The van der Waals surface area contributed by atoms with Crippen molar-refractivity contribution in [3.8, 4) is 0 Å². The van der Waals surface area contributed by atoms with Crippen molar-refractivity contribution in [1.29, 1.82) is 0 Å². The average Bonchev–Trinajstić information content (AvgIpc) is 2.42. The Bertz CT molecular complexity index is 425. The molecule has 2 aliphatic carbocycles. The van der Waals surface area contributed by atoms with Crippen LogP contribution in [0.25, 0.3) is 0 Å². The molecule has 0 radical (unpaired) electrons. The van der Waals surface area contributed by atoms with Gasteiger partial charge < -0.3 is 10.2 Å². The summed E-state index contributed by atoms with van der Waals surface area (Å²) in [5.41, 5.74) is 1.00. The van der Waals surface area contributed by atoms with Crippen molar-refractivity contribution in [2.45, 2.75) is 85.2 Å². The van der Waals surface area contributed by atoms with Gasteiger partial charge in [-0.2, -0.15) is 0 Å². The van der Waals surface area contributed by atoms with Crippen molar-refractivity contribution in [3.05, 3.63) is 11.6 Å². The van der Waals surface area contributed by atoms with Crippen LogP contribution in [0.4, 0.5) is 0 Å². The predicted octanol–water partition coefficient (Wildman–Crippen LogP) is 4.70. The number of aliphatic hydroxyl groups is 2. The summed E-state index contributed by atoms with van der Waals surface area (Å²) in [7, 11) is 0. The molecule has 0 aromatic heterocycles. The Morgan fingerprint density at radius 2 is 1.86 bits per heavy atom. The molecule has 0 heterocycles. The first-order chi connectivity index (χ1) is 10.2. The maximum atomic E-state index is 11.8. The highest BCUT2D eigenvalue weighted by Crippen LogP contribution is 2.63. The van der Waals surface area contributed by atoms with E-state index in [-0.39, 0.29) is 12.0 Å². The van der Waals surface area contributed by atoms with Crippen LogP contribution in [0, 0.1) is 22.7 Å². The van der Waals surface area contributed by atoms with E-state index in [4.69, 9.17) is 5.11 Å². The molecule has 128 valence electrons. The quantitative estimate of drug-likeness (QED) is 0.739. The van der Waals surface area contributed by atoms with Crippen molar-refractivity contribution in [1.82, 2.24) is 0 Å². The third-order valence-electron chi connectivity index (χ3n) is 7.26. The Labute approximate surface area is 137 Å². The molecule has 0 saturated heterocycles. The van der Waals surface area contributed by atoms with Crippen LogP contribution in [0.1, 0.15) is 79.6 Å². The van der Waals surface area contributed by atoms with E-state index in [0.717, 1.165) is 25.7 Å². The summed E-state index contributed by atoms with van der Waals surface area (Å²) < 4.78 is 0. The van der Waals surface area contributed by atoms with Crippen molar-refractivity contribution in [3.63, 3.8) is 0 Å². The van der Waals surface area contributed by atoms with E-state index in [1.807, 2.05) is 6.08 Å². The monoisotopic (exact) mass is 308 g/mol. The molecule has 2 fully saturated rings. The average molecular weight is 309 g/mol. The molecule has 2 aliphatic rings. The molecule has 2 nitrogen and oxygen atoms in total. The minimum absolute atomic E-state index is 0.0336. The molecule has 2 rings (SSSR count). The van der Waals surface area contributed by atoms with E-state index in [9.17, 15) is 5.11 Å². The van der Waals surface area contributed by atoms with Gasteiger partial charge in [-0.1, -0.05) is 45.8 Å². The zero-order valence-electron chi connectivity index (χ0n) is 15.3. The fraction of sp³-hybridized carbons (Fsp3) is 0.900. The number of hydrogen-bond acceptors (Lipinski definition) is 2. The van der Waals surface area contributed by atoms with E-state index < -0.39 is 5.60 Å². The van der Waals surface area contributed by atoms with Crippen molar-refractivity contribution in [2.24, 2.45) is 22.7 Å². The summed E-state index contributed by atoms with van der Waals surface area (Å²) in [5.74, 6) is 0.988. The maximum absolute atomic E-state index is 11.8. The van der Waals surface area contributed by atoms with Crippen molar-refractivity contribution < 1.29 is 10.2 Å². The first kappa shape index (κ1) is 18.0. The SMILES string of the molecule is C/C(=C\CO)CC[C@]1(O)[C@H](C)CC[C@H]2C(C)(C)CCC[C@@]21C. The van der Waals surface area contributed by atoms with Gasteiger partial charge >= 0.3 is 0 Å². The van der Waals surface area contributed by atoms with E-state index in [2.05, 4.69) is 34.6 Å². The van der Waals surface area contributed by atoms with E-state index >= 15 is 0 Å². The predicted molar refractivity (Wildman–Crippen MR) is 92.7 cm³/mol. The molecule has 2 saturated carbocycles. The molecule has 0 bridgehead atoms. The molecule has 0 aliphatic heterocycles. The lowest BCUT2D eigenvalue weighted by Crippen LogP contribution is -2.62. The van der Waals surface area contributed by atoms with Crippen LogP contribution in [-0.4, -0.2) is 22.4 Å². The highest BCUT2D eigenvalue weighted by atomic mass is 16.3. The molecule has 0 aromatic rings. The Balaban J connectivity index is 2.28. The molecule has 2 N–H and O–H groups in total. The topological polar surface area (TPSA) is 40.5 Å². The zero-order chi connectivity index (χ0) is 16.6. The molecule has 0 spiro atoms. The second-order valence-corrected chi connectivity index (χ2v) is 8.95. The van der Waals surface area contributed by atoms with Gasteiger partial charge in [0.25, 0.3) is 0 Å². The number of hydrogen-bond donors (Lipinski definition) is 2. The first-order valence-electron chi connectivity index (χ1n) is 9.16. The molecule has 2 heteroatoms. The van der Waals surface area contributed by atoms with Gasteiger partial charge in [0.15, 0.2) is 0 Å². The van der Waals surface area contributed by atoms with Gasteiger partial charge in [0.2, 0.25) is 0 Å². The Hall–Kier alpha value is -0.340. The summed E-state index contributed by atoms with van der Waals surface area (Å²) in [5, 5.41) is 20.8. The number of fused-ring (bicyclic) bond motifs is 1. The van der Waals surface area contributed by atoms with Gasteiger partial charge in [0.05, 0.1) is 12.2 Å². The largest absolute Gasteiger partial charge is 0.392 e. The summed E-state index contributed by atoms with van der Waals surface area (Å²) >= 11 is 0. The van der Waals surface area contributed by atoms with Crippen LogP contribution in [0.3, 0.4) is 0 Å². The molecule has 0 aromatic carbocycles. The van der Waals surface area contributed by atoms with Crippen LogP contribution >= 0.6 is 0 Å². The van der Waals surface area contributed by atoms with Gasteiger partial charge in [-0.05, 0) is 68.1 Å². The Morgan fingerprint density at radius 3 is 2.50 bits per heavy atom. The fourth-order valence-corrected chi connectivity index (χ4v) is 5.75. The minimum Gasteiger partial charge on any atom is -0.392 e. The number of aliphatic hydroxyl groups excluding tert-OH is 1. The van der Waals surface area contributed by atoms with Crippen LogP contribution in [-0.2, 0) is 0 Å². The lowest BCUT2D eigenvalue weighted by Gasteiger charge is -2.63. The third-order valence-corrected chi connectivity index (χ3v) is 7.26. The summed E-state index contributed by atoms with van der Waals surface area (Å²) in [6.07, 6.45) is 9.69. The van der Waals surface area contributed by atoms with Gasteiger partial charge in [0, 0.05) is 0 Å². The molecular weight excluding hydrogens is 272 g/mol. The maximum Gasteiger partial charge on any atom is 0.0732 e. The highest BCUT2D eigenvalue weighted by molar-refractivity contribution is 5.12. The second kappa shape index (κ2) is 6.28. The minimum atomic E-state index is -0.571. The van der Waals surface area contributed by atoms with Gasteiger partial charge in [-0.3, -0.25) is 0 Å². The van der Waals surface area contributed by atoms with Gasteiger partial charge in [0.1, 0.15) is 0 Å². The summed E-state index contributed by atoms with van der Waals surface area (Å²) in [4.78, 5) is 0. The molecule has 22 heavy (non-hydrogen) atoms. The molecule has 0 amide bonds. The normalized spacial score (nSPS) is 42.0. The van der Waals surface area contributed by atoms with E-state index in [0.29, 0.717) is 17.3 Å². The van der Waals surface area contributed by atoms with E-state index in [1.165, 1.54) is 24.8 Å². The van der Waals surface area contributed by atoms with Crippen LogP contribution in [0.15, 0.2) is 11.6 Å². The lowest BCUT2D eigenvalue weighted by atomic mass is 9.44. The van der Waals surface area contributed by atoms with Gasteiger partial charge in [-0.15, -0.1) is 0 Å². The number of rotatable bonds is 4. The van der Waals surface area contributed by atoms with E-state index in [1.54, 1.807) is 0 Å². The molecule has 4 atom stereocenters. The summed E-state index contributed by atoms with van der Waals surface area (Å²) in [6.45, 7) is 11.6.